The molecular formula is C27H27FN2O3. The van der Waals surface area contributed by atoms with Crippen LogP contribution in [-0.2, 0) is 11.2 Å². The lowest BCUT2D eigenvalue weighted by Gasteiger charge is -2.32. The predicted octanol–water partition coefficient (Wildman–Crippen LogP) is 5.91. The van der Waals surface area contributed by atoms with Gasteiger partial charge in [0.05, 0.1) is 12.7 Å². The number of nitrogens with zero attached hydrogens (tertiary/aromatic N) is 1. The third kappa shape index (κ3) is 4.38. The van der Waals surface area contributed by atoms with E-state index in [2.05, 4.69) is 17.2 Å². The summed E-state index contributed by atoms with van der Waals surface area (Å²) < 4.78 is 25.1. The first-order valence-electron chi connectivity index (χ1n) is 11.4. The number of benzene rings is 2. The van der Waals surface area contributed by atoms with Crippen molar-refractivity contribution in [3.05, 3.63) is 77.9 Å². The first-order valence-corrected chi connectivity index (χ1v) is 11.4. The van der Waals surface area contributed by atoms with E-state index in [1.807, 2.05) is 23.1 Å². The summed E-state index contributed by atoms with van der Waals surface area (Å²) in [4.78, 5) is 18.1. The molecule has 170 valence electrons. The van der Waals surface area contributed by atoms with E-state index in [4.69, 9.17) is 9.15 Å². The molecule has 1 aliphatic heterocycles. The van der Waals surface area contributed by atoms with Gasteiger partial charge < -0.3 is 19.0 Å². The molecule has 33 heavy (non-hydrogen) atoms. The number of carbonyl (C=O) groups excluding carboxylic acids is 1. The summed E-state index contributed by atoms with van der Waals surface area (Å²) in [6.07, 6.45) is 4.87. The topological polar surface area (TPSA) is 58.5 Å². The van der Waals surface area contributed by atoms with Crippen molar-refractivity contribution in [1.29, 1.82) is 0 Å². The minimum absolute atomic E-state index is 0.137. The minimum atomic E-state index is -0.314. The van der Waals surface area contributed by atoms with E-state index in [-0.39, 0.29) is 11.7 Å². The number of amides is 1. The zero-order valence-corrected chi connectivity index (χ0v) is 18.6. The van der Waals surface area contributed by atoms with Gasteiger partial charge in [-0.15, -0.1) is 0 Å². The first kappa shape index (κ1) is 21.3. The summed E-state index contributed by atoms with van der Waals surface area (Å²) in [7, 11) is 1.68. The van der Waals surface area contributed by atoms with Crippen molar-refractivity contribution in [1.82, 2.24) is 9.88 Å². The van der Waals surface area contributed by atoms with E-state index in [0.29, 0.717) is 35.8 Å². The van der Waals surface area contributed by atoms with Crippen molar-refractivity contribution < 1.29 is 18.3 Å². The molecule has 0 atom stereocenters. The number of furan rings is 1. The summed E-state index contributed by atoms with van der Waals surface area (Å²) >= 11 is 0. The normalized spacial score (nSPS) is 14.7. The Morgan fingerprint density at radius 2 is 1.97 bits per heavy atom. The molecule has 0 aliphatic carbocycles. The van der Waals surface area contributed by atoms with Crippen LogP contribution >= 0.6 is 0 Å². The molecule has 0 bridgehead atoms. The Bertz CT molecular complexity index is 1270. The highest BCUT2D eigenvalue weighted by Gasteiger charge is 2.25. The van der Waals surface area contributed by atoms with Crippen molar-refractivity contribution in [2.75, 3.05) is 20.2 Å². The molecule has 1 amide bonds. The monoisotopic (exact) mass is 446 g/mol. The van der Waals surface area contributed by atoms with Crippen LogP contribution in [0.3, 0.4) is 0 Å². The highest BCUT2D eigenvalue weighted by Crippen LogP contribution is 2.35. The van der Waals surface area contributed by atoms with Gasteiger partial charge in [0.2, 0.25) is 5.91 Å². The number of carbonyl (C=O) groups is 1. The lowest BCUT2D eigenvalue weighted by atomic mass is 9.89. The van der Waals surface area contributed by atoms with Gasteiger partial charge in [-0.05, 0) is 66.8 Å². The van der Waals surface area contributed by atoms with Crippen molar-refractivity contribution in [3.8, 4) is 17.1 Å². The second-order valence-corrected chi connectivity index (χ2v) is 8.56. The van der Waals surface area contributed by atoms with Gasteiger partial charge in [0.25, 0.3) is 0 Å². The summed E-state index contributed by atoms with van der Waals surface area (Å²) in [6.45, 7) is 1.50. The lowest BCUT2D eigenvalue weighted by molar-refractivity contribution is -0.132. The molecular weight excluding hydrogens is 419 g/mol. The Labute approximate surface area is 192 Å². The van der Waals surface area contributed by atoms with Gasteiger partial charge >= 0.3 is 0 Å². The van der Waals surface area contributed by atoms with E-state index in [0.717, 1.165) is 37.2 Å². The van der Waals surface area contributed by atoms with Crippen molar-refractivity contribution in [3.63, 3.8) is 0 Å². The summed E-state index contributed by atoms with van der Waals surface area (Å²) in [5.41, 5.74) is 2.84. The number of halogens is 1. The van der Waals surface area contributed by atoms with Crippen molar-refractivity contribution in [2.45, 2.75) is 31.6 Å². The molecule has 0 saturated carbocycles. The fraction of sp³-hybridized carbons (Fsp3) is 0.296. The molecule has 5 nitrogen and oxygen atoms in total. The molecule has 3 heterocycles. The number of aryl methyl sites for hydroxylation is 1. The van der Waals surface area contributed by atoms with Gasteiger partial charge in [-0.25, -0.2) is 4.39 Å². The number of aromatic amines is 1. The van der Waals surface area contributed by atoms with Crippen LogP contribution in [0.15, 0.2) is 65.2 Å². The van der Waals surface area contributed by atoms with Crippen LogP contribution in [0.2, 0.25) is 0 Å². The average Bonchev–Trinajstić information content (AvgIpc) is 3.49. The molecule has 2 aromatic carbocycles. The van der Waals surface area contributed by atoms with Crippen LogP contribution in [0.5, 0.6) is 5.75 Å². The summed E-state index contributed by atoms with van der Waals surface area (Å²) in [6, 6.07) is 16.2. The molecule has 0 radical (unpaired) electrons. The predicted molar refractivity (Wildman–Crippen MR) is 126 cm³/mol. The van der Waals surface area contributed by atoms with E-state index in [1.165, 1.54) is 17.0 Å². The molecule has 0 spiro atoms. The molecule has 1 fully saturated rings. The van der Waals surface area contributed by atoms with Gasteiger partial charge in [-0.2, -0.15) is 0 Å². The van der Waals surface area contributed by atoms with Gasteiger partial charge in [0.1, 0.15) is 23.1 Å². The third-order valence-corrected chi connectivity index (χ3v) is 6.59. The van der Waals surface area contributed by atoms with Gasteiger partial charge in [-0.3, -0.25) is 4.79 Å². The Morgan fingerprint density at radius 1 is 1.15 bits per heavy atom. The number of fused-ring (bicyclic) bond motifs is 1. The first-order chi connectivity index (χ1) is 16.1. The van der Waals surface area contributed by atoms with Crippen LogP contribution in [0, 0.1) is 5.82 Å². The van der Waals surface area contributed by atoms with E-state index < -0.39 is 0 Å². The summed E-state index contributed by atoms with van der Waals surface area (Å²) in [5.74, 6) is 2.29. The Kier molecular flexibility index (Phi) is 5.90. The third-order valence-electron chi connectivity index (χ3n) is 6.59. The van der Waals surface area contributed by atoms with E-state index in [1.54, 1.807) is 31.4 Å². The van der Waals surface area contributed by atoms with Crippen LogP contribution in [0.4, 0.5) is 4.39 Å². The lowest BCUT2D eigenvalue weighted by Crippen LogP contribution is -2.38. The van der Waals surface area contributed by atoms with Crippen molar-refractivity contribution in [2.24, 2.45) is 0 Å². The standard InChI is InChI=1S/C27H27FN2O3/c1-32-20-6-9-25-22(16-20)23(17-29-25)18-12-14-30(15-13-18)27(31)11-8-19-7-10-26(33-19)21-4-2-3-5-24(21)28/h2-7,9-10,16-18,29H,8,11-15H2,1H3. The number of hydrogen-bond acceptors (Lipinski definition) is 3. The van der Waals surface area contributed by atoms with Crippen LogP contribution in [0.1, 0.15) is 36.5 Å². The minimum Gasteiger partial charge on any atom is -0.497 e. The largest absolute Gasteiger partial charge is 0.497 e. The number of rotatable bonds is 6. The van der Waals surface area contributed by atoms with Crippen LogP contribution in [0.25, 0.3) is 22.2 Å². The highest BCUT2D eigenvalue weighted by atomic mass is 19.1. The molecule has 4 aromatic rings. The molecule has 1 aliphatic rings. The number of piperidine rings is 1. The highest BCUT2D eigenvalue weighted by molar-refractivity contribution is 5.85. The number of ether oxygens (including phenoxy) is 1. The van der Waals surface area contributed by atoms with Gasteiger partial charge in [-0.1, -0.05) is 12.1 Å². The van der Waals surface area contributed by atoms with Crippen LogP contribution < -0.4 is 4.74 Å². The van der Waals surface area contributed by atoms with Gasteiger partial charge in [0.15, 0.2) is 0 Å². The smallest absolute Gasteiger partial charge is 0.223 e. The number of aromatic nitrogens is 1. The molecule has 0 unspecified atom stereocenters. The maximum atomic E-state index is 14.0. The molecule has 2 aromatic heterocycles. The average molecular weight is 447 g/mol. The Hall–Kier alpha value is -3.54. The second kappa shape index (κ2) is 9.14. The maximum Gasteiger partial charge on any atom is 0.223 e. The maximum absolute atomic E-state index is 14.0. The fourth-order valence-corrected chi connectivity index (χ4v) is 4.73. The Balaban J connectivity index is 1.17. The second-order valence-electron chi connectivity index (χ2n) is 8.56. The zero-order chi connectivity index (χ0) is 22.8. The Morgan fingerprint density at radius 3 is 2.76 bits per heavy atom. The number of hydrogen-bond donors (Lipinski definition) is 1. The molecule has 1 N–H and O–H groups in total. The SMILES string of the molecule is COc1ccc2[nH]cc(C3CCN(C(=O)CCc4ccc(-c5ccccc5F)o4)CC3)c2c1. The molecule has 6 heteroatoms. The van der Waals surface area contributed by atoms with Crippen molar-refractivity contribution >= 4 is 16.8 Å². The molecule has 1 saturated heterocycles. The number of nitrogens with one attached hydrogen (secondary N) is 1. The molecule has 5 rings (SSSR count). The number of likely N-dealkylation sites (tertiary alicyclic amines) is 1. The van der Waals surface area contributed by atoms with Gasteiger partial charge in [0, 0.05) is 43.0 Å². The number of H-pyrrole nitrogens is 1. The van der Waals surface area contributed by atoms with E-state index >= 15 is 0 Å². The quantitative estimate of drug-likeness (QED) is 0.400. The van der Waals surface area contributed by atoms with E-state index in [9.17, 15) is 9.18 Å². The summed E-state index contributed by atoms with van der Waals surface area (Å²) in [5, 5.41) is 1.20. The zero-order valence-electron chi connectivity index (χ0n) is 18.6. The van der Waals surface area contributed by atoms with Crippen LogP contribution in [-0.4, -0.2) is 36.0 Å². The number of methoxy groups -OCH3 is 1. The fourth-order valence-electron chi connectivity index (χ4n) is 4.73.